The minimum Gasteiger partial charge on any atom is -0.0688 e. The summed E-state index contributed by atoms with van der Waals surface area (Å²) < 4.78 is 0. The molecule has 0 aliphatic heterocycles. The van der Waals surface area contributed by atoms with Gasteiger partial charge in [-0.2, -0.15) is 0 Å². The second-order valence-electron chi connectivity index (χ2n) is 9.38. The molecule has 0 heterocycles. The van der Waals surface area contributed by atoms with Crippen molar-refractivity contribution in [1.82, 2.24) is 0 Å². The van der Waals surface area contributed by atoms with Gasteiger partial charge in [-0.1, -0.05) is 100 Å². The summed E-state index contributed by atoms with van der Waals surface area (Å²) in [6.07, 6.45) is 14.4. The number of hydrogen-bond donors (Lipinski definition) is 0. The quantitative estimate of drug-likeness (QED) is 0.421. The topological polar surface area (TPSA) is 0 Å². The highest BCUT2D eigenvalue weighted by Gasteiger charge is 2.28. The van der Waals surface area contributed by atoms with E-state index in [2.05, 4.69) is 88.4 Å². The Morgan fingerprint density at radius 1 is 0.867 bits per heavy atom. The van der Waals surface area contributed by atoms with Gasteiger partial charge in [0.2, 0.25) is 0 Å². The van der Waals surface area contributed by atoms with Gasteiger partial charge in [-0.15, -0.1) is 0 Å². The van der Waals surface area contributed by atoms with E-state index in [0.29, 0.717) is 5.92 Å². The zero-order valence-electron chi connectivity index (χ0n) is 19.2. The van der Waals surface area contributed by atoms with Gasteiger partial charge in [0, 0.05) is 5.92 Å². The third kappa shape index (κ3) is 4.38. The minimum atomic E-state index is 0.461. The van der Waals surface area contributed by atoms with E-state index < -0.39 is 0 Å². The standard InChI is InChI=1S/C30H36/c1-5-23-14-15-26(18-24(23)6-2)28-19-27-16-17-29(30(27)20-28)25-12-10-22(11-13-25)9-7-8-21(3)4/h10-18,20-21,30H,5-9,19H2,1-4H3. The van der Waals surface area contributed by atoms with Crippen molar-refractivity contribution in [1.29, 1.82) is 0 Å². The molecule has 156 valence electrons. The molecule has 0 N–H and O–H groups in total. The Labute approximate surface area is 183 Å². The summed E-state index contributed by atoms with van der Waals surface area (Å²) in [4.78, 5) is 0. The first kappa shape index (κ1) is 20.9. The lowest BCUT2D eigenvalue weighted by Crippen LogP contribution is -1.96. The summed E-state index contributed by atoms with van der Waals surface area (Å²) in [5, 5.41) is 0. The average Bonchev–Trinajstić information content (AvgIpc) is 3.34. The summed E-state index contributed by atoms with van der Waals surface area (Å²) in [5.41, 5.74) is 11.8. The fourth-order valence-corrected chi connectivity index (χ4v) is 5.00. The predicted octanol–water partition coefficient (Wildman–Crippen LogP) is 8.22. The predicted molar refractivity (Wildman–Crippen MR) is 132 cm³/mol. The second-order valence-corrected chi connectivity index (χ2v) is 9.38. The van der Waals surface area contributed by atoms with Crippen molar-refractivity contribution < 1.29 is 0 Å². The minimum absolute atomic E-state index is 0.461. The SMILES string of the molecule is CCc1ccc(C2=CC3C(=CC=C3c3ccc(CCCC(C)C)cc3)C2)cc1CC. The highest BCUT2D eigenvalue weighted by atomic mass is 14.3. The van der Waals surface area contributed by atoms with Gasteiger partial charge in [0.1, 0.15) is 0 Å². The number of allylic oxidation sites excluding steroid dienone is 6. The number of aryl methyl sites for hydroxylation is 3. The van der Waals surface area contributed by atoms with Crippen LogP contribution < -0.4 is 0 Å². The monoisotopic (exact) mass is 396 g/mol. The molecule has 0 saturated heterocycles. The van der Waals surface area contributed by atoms with Gasteiger partial charge >= 0.3 is 0 Å². The largest absolute Gasteiger partial charge is 0.0688 e. The van der Waals surface area contributed by atoms with Crippen LogP contribution in [0.1, 0.15) is 74.8 Å². The van der Waals surface area contributed by atoms with Gasteiger partial charge in [0.05, 0.1) is 0 Å². The van der Waals surface area contributed by atoms with Crippen molar-refractivity contribution in [2.24, 2.45) is 11.8 Å². The molecule has 1 atom stereocenters. The molecule has 4 rings (SSSR count). The fraction of sp³-hybridized carbons (Fsp3) is 0.400. The van der Waals surface area contributed by atoms with E-state index in [1.807, 2.05) is 0 Å². The molecule has 0 bridgehead atoms. The van der Waals surface area contributed by atoms with Crippen molar-refractivity contribution in [3.05, 3.63) is 94.1 Å². The average molecular weight is 397 g/mol. The zero-order chi connectivity index (χ0) is 21.1. The molecule has 0 fully saturated rings. The Kier molecular flexibility index (Phi) is 6.42. The fourth-order valence-electron chi connectivity index (χ4n) is 5.00. The van der Waals surface area contributed by atoms with Crippen LogP contribution in [-0.4, -0.2) is 0 Å². The second kappa shape index (κ2) is 9.21. The maximum Gasteiger partial charge on any atom is 0.0246 e. The number of rotatable bonds is 8. The maximum atomic E-state index is 2.52. The lowest BCUT2D eigenvalue weighted by atomic mass is 9.92. The summed E-state index contributed by atoms with van der Waals surface area (Å²) in [6, 6.07) is 16.5. The molecule has 1 unspecified atom stereocenters. The van der Waals surface area contributed by atoms with Crippen molar-refractivity contribution >= 4 is 11.1 Å². The third-order valence-corrected chi connectivity index (χ3v) is 6.85. The van der Waals surface area contributed by atoms with Crippen LogP contribution in [0.2, 0.25) is 0 Å². The molecule has 2 aromatic carbocycles. The lowest BCUT2D eigenvalue weighted by Gasteiger charge is -2.12. The van der Waals surface area contributed by atoms with E-state index in [4.69, 9.17) is 0 Å². The van der Waals surface area contributed by atoms with Crippen molar-refractivity contribution in [3.63, 3.8) is 0 Å². The Morgan fingerprint density at radius 2 is 1.60 bits per heavy atom. The van der Waals surface area contributed by atoms with E-state index in [0.717, 1.165) is 25.2 Å². The van der Waals surface area contributed by atoms with Gasteiger partial charge in [-0.3, -0.25) is 0 Å². The first-order chi connectivity index (χ1) is 14.6. The summed E-state index contributed by atoms with van der Waals surface area (Å²) in [7, 11) is 0. The molecule has 0 heteroatoms. The summed E-state index contributed by atoms with van der Waals surface area (Å²) in [5.74, 6) is 1.26. The van der Waals surface area contributed by atoms with Gasteiger partial charge in [0.25, 0.3) is 0 Å². The Balaban J connectivity index is 1.49. The molecular formula is C30H36. The van der Waals surface area contributed by atoms with Crippen molar-refractivity contribution in [3.8, 4) is 0 Å². The smallest absolute Gasteiger partial charge is 0.0246 e. The molecule has 2 aliphatic carbocycles. The number of benzene rings is 2. The first-order valence-electron chi connectivity index (χ1n) is 11.9. The van der Waals surface area contributed by atoms with E-state index in [1.54, 1.807) is 5.57 Å². The molecule has 0 amide bonds. The molecule has 0 aromatic heterocycles. The van der Waals surface area contributed by atoms with Crippen LogP contribution in [0.5, 0.6) is 0 Å². The zero-order valence-corrected chi connectivity index (χ0v) is 19.2. The Bertz CT molecular complexity index is 979. The van der Waals surface area contributed by atoms with Crippen molar-refractivity contribution in [2.45, 2.75) is 66.2 Å². The van der Waals surface area contributed by atoms with Crippen LogP contribution >= 0.6 is 0 Å². The molecule has 30 heavy (non-hydrogen) atoms. The first-order valence-corrected chi connectivity index (χ1v) is 11.9. The third-order valence-electron chi connectivity index (χ3n) is 6.85. The van der Waals surface area contributed by atoms with E-state index in [-0.39, 0.29) is 0 Å². The molecule has 0 saturated carbocycles. The summed E-state index contributed by atoms with van der Waals surface area (Å²) in [6.45, 7) is 9.15. The van der Waals surface area contributed by atoms with Crippen LogP contribution in [-0.2, 0) is 19.3 Å². The number of fused-ring (bicyclic) bond motifs is 1. The van der Waals surface area contributed by atoms with E-state index in [9.17, 15) is 0 Å². The van der Waals surface area contributed by atoms with Crippen LogP contribution in [0.4, 0.5) is 0 Å². The molecular weight excluding hydrogens is 360 g/mol. The van der Waals surface area contributed by atoms with Gasteiger partial charge in [-0.05, 0) is 77.0 Å². The van der Waals surface area contributed by atoms with E-state index >= 15 is 0 Å². The number of hydrogen-bond acceptors (Lipinski definition) is 0. The molecule has 0 nitrogen and oxygen atoms in total. The Morgan fingerprint density at radius 3 is 2.30 bits per heavy atom. The van der Waals surface area contributed by atoms with Crippen LogP contribution in [0.15, 0.2) is 66.3 Å². The maximum absolute atomic E-state index is 2.52. The highest BCUT2D eigenvalue weighted by Crippen LogP contribution is 2.46. The highest BCUT2D eigenvalue weighted by molar-refractivity contribution is 5.84. The Hall–Kier alpha value is -2.34. The lowest BCUT2D eigenvalue weighted by molar-refractivity contribution is 0.556. The normalized spacial score (nSPS) is 17.8. The van der Waals surface area contributed by atoms with Crippen LogP contribution in [0.25, 0.3) is 11.1 Å². The summed E-state index contributed by atoms with van der Waals surface area (Å²) >= 11 is 0. The van der Waals surface area contributed by atoms with Gasteiger partial charge in [-0.25, -0.2) is 0 Å². The van der Waals surface area contributed by atoms with Crippen LogP contribution in [0.3, 0.4) is 0 Å². The van der Waals surface area contributed by atoms with Gasteiger partial charge in [0.15, 0.2) is 0 Å². The molecule has 0 radical (unpaired) electrons. The van der Waals surface area contributed by atoms with E-state index in [1.165, 1.54) is 58.2 Å². The van der Waals surface area contributed by atoms with Crippen molar-refractivity contribution in [2.75, 3.05) is 0 Å². The molecule has 2 aromatic rings. The van der Waals surface area contributed by atoms with Gasteiger partial charge < -0.3 is 0 Å². The molecule has 0 spiro atoms. The van der Waals surface area contributed by atoms with Crippen LogP contribution in [0, 0.1) is 11.8 Å². The molecule has 2 aliphatic rings.